The van der Waals surface area contributed by atoms with Gasteiger partial charge in [0, 0.05) is 56.9 Å². The molecule has 0 saturated carbocycles. The fourth-order valence-electron chi connectivity index (χ4n) is 4.24. The zero-order valence-electron chi connectivity index (χ0n) is 20.1. The van der Waals surface area contributed by atoms with E-state index in [9.17, 15) is 0 Å². The molecule has 0 unspecified atom stereocenters. The summed E-state index contributed by atoms with van der Waals surface area (Å²) in [7, 11) is 4.04. The number of benzene rings is 1. The summed E-state index contributed by atoms with van der Waals surface area (Å²) in [5.41, 5.74) is 1.58. The summed E-state index contributed by atoms with van der Waals surface area (Å²) in [5, 5.41) is 3.53. The van der Waals surface area contributed by atoms with E-state index in [-0.39, 0.29) is 34.9 Å². The summed E-state index contributed by atoms with van der Waals surface area (Å²) in [6.07, 6.45) is 2.23. The van der Waals surface area contributed by atoms with Crippen LogP contribution in [-0.4, -0.2) is 74.3 Å². The highest BCUT2D eigenvalue weighted by molar-refractivity contribution is 14.0. The standard InChI is InChI=1S/C24H40N4O2.HI/c1-23(2)18-28(24(23,3)4)22(25-5)26-17-19-8-7-9-21(16-19)30-15-12-27(6)20-10-13-29-14-11-20;/h7-9,16,20H,10-15,17-18H2,1-6H3,(H,25,26);1H. The average Bonchev–Trinajstić information content (AvgIpc) is 2.74. The molecule has 1 aromatic rings. The topological polar surface area (TPSA) is 49.3 Å². The van der Waals surface area contributed by atoms with E-state index >= 15 is 0 Å². The molecule has 0 radical (unpaired) electrons. The molecule has 0 atom stereocenters. The Kier molecular flexibility index (Phi) is 9.45. The van der Waals surface area contributed by atoms with Crippen LogP contribution >= 0.6 is 24.0 Å². The van der Waals surface area contributed by atoms with Crippen molar-refractivity contribution in [3.05, 3.63) is 29.8 Å². The monoisotopic (exact) mass is 544 g/mol. The van der Waals surface area contributed by atoms with Crippen molar-refractivity contribution < 1.29 is 9.47 Å². The third-order valence-electron chi connectivity index (χ3n) is 7.23. The number of likely N-dealkylation sites (N-methyl/N-ethyl adjacent to an activating group) is 1. The summed E-state index contributed by atoms with van der Waals surface area (Å²) in [6, 6.07) is 8.97. The minimum Gasteiger partial charge on any atom is -0.492 e. The number of aliphatic imine (C=N–C) groups is 1. The number of rotatable bonds is 7. The van der Waals surface area contributed by atoms with E-state index in [1.807, 2.05) is 13.1 Å². The maximum Gasteiger partial charge on any atom is 0.194 e. The van der Waals surface area contributed by atoms with Gasteiger partial charge in [0.25, 0.3) is 0 Å². The Morgan fingerprint density at radius 1 is 1.26 bits per heavy atom. The predicted molar refractivity (Wildman–Crippen MR) is 139 cm³/mol. The molecule has 0 bridgehead atoms. The van der Waals surface area contributed by atoms with Gasteiger partial charge in [0.05, 0.1) is 0 Å². The SMILES string of the molecule is CN=C(NCc1cccc(OCCN(C)C2CCOCC2)c1)N1CC(C)(C)C1(C)C.I. The highest BCUT2D eigenvalue weighted by atomic mass is 127. The van der Waals surface area contributed by atoms with Crippen molar-refractivity contribution in [2.24, 2.45) is 10.4 Å². The van der Waals surface area contributed by atoms with Gasteiger partial charge < -0.3 is 19.7 Å². The molecule has 31 heavy (non-hydrogen) atoms. The minimum absolute atomic E-state index is 0. The van der Waals surface area contributed by atoms with E-state index in [1.165, 1.54) is 5.56 Å². The quantitative estimate of drug-likeness (QED) is 0.320. The van der Waals surface area contributed by atoms with Crippen molar-refractivity contribution in [1.29, 1.82) is 0 Å². The Balaban J connectivity index is 0.00000341. The highest BCUT2D eigenvalue weighted by Gasteiger charge is 2.53. The van der Waals surface area contributed by atoms with E-state index < -0.39 is 0 Å². The zero-order valence-corrected chi connectivity index (χ0v) is 22.4. The number of guanidine groups is 1. The Hall–Kier alpha value is -1.06. The summed E-state index contributed by atoms with van der Waals surface area (Å²) >= 11 is 0. The fraction of sp³-hybridized carbons (Fsp3) is 0.708. The molecule has 0 aromatic heterocycles. The summed E-state index contributed by atoms with van der Waals surface area (Å²) in [5.74, 6) is 1.89. The second-order valence-electron chi connectivity index (χ2n) is 9.75. The summed E-state index contributed by atoms with van der Waals surface area (Å²) in [6.45, 7) is 14.3. The third kappa shape index (κ3) is 6.26. The van der Waals surface area contributed by atoms with Crippen molar-refractivity contribution in [3.8, 4) is 5.75 Å². The smallest absolute Gasteiger partial charge is 0.194 e. The fourth-order valence-corrected chi connectivity index (χ4v) is 4.24. The normalized spacial score (nSPS) is 20.7. The van der Waals surface area contributed by atoms with Gasteiger partial charge in [0.1, 0.15) is 12.4 Å². The van der Waals surface area contributed by atoms with Crippen molar-refractivity contribution in [3.63, 3.8) is 0 Å². The van der Waals surface area contributed by atoms with Crippen molar-refractivity contribution in [2.45, 2.75) is 58.7 Å². The molecule has 176 valence electrons. The van der Waals surface area contributed by atoms with Gasteiger partial charge in [-0.25, -0.2) is 0 Å². The first-order valence-electron chi connectivity index (χ1n) is 11.2. The van der Waals surface area contributed by atoms with E-state index in [2.05, 4.69) is 73.1 Å². The van der Waals surface area contributed by atoms with Crippen molar-refractivity contribution in [2.75, 3.05) is 47.0 Å². The Labute approximate surface area is 205 Å². The molecule has 1 N–H and O–H groups in total. The van der Waals surface area contributed by atoms with Crippen LogP contribution in [-0.2, 0) is 11.3 Å². The largest absolute Gasteiger partial charge is 0.492 e. The molecule has 2 heterocycles. The van der Waals surface area contributed by atoms with E-state index in [0.29, 0.717) is 12.6 Å². The van der Waals surface area contributed by atoms with Crippen LogP contribution in [0.5, 0.6) is 5.75 Å². The van der Waals surface area contributed by atoms with Crippen molar-refractivity contribution >= 4 is 29.9 Å². The summed E-state index contributed by atoms with van der Waals surface area (Å²) in [4.78, 5) is 9.27. The molecule has 7 heteroatoms. The van der Waals surface area contributed by atoms with Crippen LogP contribution in [0.2, 0.25) is 0 Å². The van der Waals surface area contributed by atoms with E-state index in [4.69, 9.17) is 9.47 Å². The van der Waals surface area contributed by atoms with E-state index in [1.54, 1.807) is 0 Å². The Morgan fingerprint density at radius 2 is 1.97 bits per heavy atom. The molecule has 2 aliphatic heterocycles. The molecular formula is C24H41IN4O2. The van der Waals surface area contributed by atoms with Crippen LogP contribution in [0.3, 0.4) is 0 Å². The van der Waals surface area contributed by atoms with Gasteiger partial charge in [-0.2, -0.15) is 0 Å². The van der Waals surface area contributed by atoms with Crippen LogP contribution in [0.1, 0.15) is 46.1 Å². The van der Waals surface area contributed by atoms with Crippen LogP contribution < -0.4 is 10.1 Å². The molecule has 2 saturated heterocycles. The second kappa shape index (κ2) is 11.2. The van der Waals surface area contributed by atoms with Crippen LogP contribution in [0.25, 0.3) is 0 Å². The molecule has 0 amide bonds. The van der Waals surface area contributed by atoms with Gasteiger partial charge in [0.2, 0.25) is 0 Å². The number of hydrogen-bond acceptors (Lipinski definition) is 4. The highest BCUT2D eigenvalue weighted by Crippen LogP contribution is 2.46. The van der Waals surface area contributed by atoms with Crippen LogP contribution in [0.4, 0.5) is 0 Å². The number of nitrogens with zero attached hydrogens (tertiary/aromatic N) is 3. The van der Waals surface area contributed by atoms with Gasteiger partial charge in [-0.15, -0.1) is 24.0 Å². The van der Waals surface area contributed by atoms with E-state index in [0.717, 1.165) is 57.4 Å². The van der Waals surface area contributed by atoms with Gasteiger partial charge in [0.15, 0.2) is 5.96 Å². The van der Waals surface area contributed by atoms with Crippen LogP contribution in [0.15, 0.2) is 29.3 Å². The number of ether oxygens (including phenoxy) is 2. The third-order valence-corrected chi connectivity index (χ3v) is 7.23. The first kappa shape index (κ1) is 26.2. The second-order valence-corrected chi connectivity index (χ2v) is 9.75. The molecule has 3 rings (SSSR count). The molecular weight excluding hydrogens is 503 g/mol. The first-order valence-corrected chi connectivity index (χ1v) is 11.2. The van der Waals surface area contributed by atoms with Gasteiger partial charge >= 0.3 is 0 Å². The average molecular weight is 545 g/mol. The lowest BCUT2D eigenvalue weighted by atomic mass is 9.65. The number of hydrogen-bond donors (Lipinski definition) is 1. The van der Waals surface area contributed by atoms with Gasteiger partial charge in [-0.05, 0) is 51.4 Å². The lowest BCUT2D eigenvalue weighted by Gasteiger charge is -2.62. The predicted octanol–water partition coefficient (Wildman–Crippen LogP) is 3.99. The number of nitrogens with one attached hydrogen (secondary N) is 1. The molecule has 6 nitrogen and oxygen atoms in total. The number of likely N-dealkylation sites (tertiary alicyclic amines) is 1. The lowest BCUT2D eigenvalue weighted by Crippen LogP contribution is -2.72. The first-order chi connectivity index (χ1) is 14.2. The maximum atomic E-state index is 6.04. The van der Waals surface area contributed by atoms with Gasteiger partial charge in [-0.3, -0.25) is 9.89 Å². The Bertz CT molecular complexity index is 732. The van der Waals surface area contributed by atoms with Crippen molar-refractivity contribution in [1.82, 2.24) is 15.1 Å². The molecule has 2 aliphatic rings. The lowest BCUT2D eigenvalue weighted by molar-refractivity contribution is -0.0667. The molecule has 2 fully saturated rings. The molecule has 0 aliphatic carbocycles. The van der Waals surface area contributed by atoms with Crippen LogP contribution in [0, 0.1) is 5.41 Å². The number of halogens is 1. The summed E-state index contributed by atoms with van der Waals surface area (Å²) < 4.78 is 11.5. The zero-order chi connectivity index (χ0) is 21.8. The minimum atomic E-state index is 0. The Morgan fingerprint density at radius 3 is 2.58 bits per heavy atom. The molecule has 1 aromatic carbocycles. The van der Waals surface area contributed by atoms with Gasteiger partial charge in [-0.1, -0.05) is 26.0 Å². The molecule has 0 spiro atoms. The maximum absolute atomic E-state index is 6.04.